The van der Waals surface area contributed by atoms with E-state index in [1.54, 1.807) is 0 Å². The summed E-state index contributed by atoms with van der Waals surface area (Å²) in [5.41, 5.74) is 1.45. The van der Waals surface area contributed by atoms with Crippen molar-refractivity contribution in [3.63, 3.8) is 0 Å². The van der Waals surface area contributed by atoms with Crippen LogP contribution in [-0.4, -0.2) is 34.6 Å². The Labute approximate surface area is 133 Å². The van der Waals surface area contributed by atoms with Crippen molar-refractivity contribution in [3.8, 4) is 5.75 Å². The van der Waals surface area contributed by atoms with Crippen LogP contribution in [0.25, 0.3) is 10.2 Å². The average molecular weight is 329 g/mol. The van der Waals surface area contributed by atoms with Crippen molar-refractivity contribution in [2.75, 3.05) is 19.6 Å². The lowest BCUT2D eigenvalue weighted by Crippen LogP contribution is -2.27. The molecule has 1 aromatic heterocycles. The Morgan fingerprint density at radius 2 is 1.95 bits per heavy atom. The number of hydrogen-bond acceptors (Lipinski definition) is 4. The van der Waals surface area contributed by atoms with Crippen LogP contribution >= 0.6 is 22.9 Å². The van der Waals surface area contributed by atoms with E-state index in [-0.39, 0.29) is 10.6 Å². The molecule has 6 heteroatoms. The van der Waals surface area contributed by atoms with Crippen molar-refractivity contribution in [1.29, 1.82) is 0 Å². The standard InChI is InChI=1S/C15H21ClN2O2S/c1-3-6-18(7-4-2)8-5-10-11(16)9-12(19)13-14(10)21-15(20)17-13/h9,19H,3-8H2,1-2H3,(H,17,20). The highest BCUT2D eigenvalue weighted by atomic mass is 35.5. The Bertz CT molecular complexity index is 659. The van der Waals surface area contributed by atoms with Crippen LogP contribution in [0.1, 0.15) is 32.3 Å². The summed E-state index contributed by atoms with van der Waals surface area (Å²) in [6.07, 6.45) is 3.02. The van der Waals surface area contributed by atoms with Crippen LogP contribution < -0.4 is 4.87 Å². The first-order valence-corrected chi connectivity index (χ1v) is 8.51. The van der Waals surface area contributed by atoms with Crippen LogP contribution in [0.4, 0.5) is 0 Å². The zero-order chi connectivity index (χ0) is 15.4. The summed E-state index contributed by atoms with van der Waals surface area (Å²) in [7, 11) is 0. The van der Waals surface area contributed by atoms with Crippen molar-refractivity contribution < 1.29 is 5.11 Å². The van der Waals surface area contributed by atoms with E-state index in [0.29, 0.717) is 10.5 Å². The smallest absolute Gasteiger partial charge is 0.305 e. The molecule has 0 aliphatic heterocycles. The van der Waals surface area contributed by atoms with Gasteiger partial charge in [0.25, 0.3) is 0 Å². The highest BCUT2D eigenvalue weighted by Crippen LogP contribution is 2.34. The first-order chi connectivity index (χ1) is 10.1. The predicted octanol–water partition coefficient (Wildman–Crippen LogP) is 3.61. The number of thiazole rings is 1. The Hall–Kier alpha value is -1.04. The van der Waals surface area contributed by atoms with Gasteiger partial charge in [-0.25, -0.2) is 0 Å². The lowest BCUT2D eigenvalue weighted by Gasteiger charge is -2.21. The summed E-state index contributed by atoms with van der Waals surface area (Å²) in [6.45, 7) is 7.39. The lowest BCUT2D eigenvalue weighted by molar-refractivity contribution is 0.278. The molecular weight excluding hydrogens is 308 g/mol. The van der Waals surface area contributed by atoms with Crippen LogP contribution in [0.3, 0.4) is 0 Å². The second-order valence-electron chi connectivity index (χ2n) is 5.17. The second-order valence-corrected chi connectivity index (χ2v) is 6.56. The number of nitrogens with zero attached hydrogens (tertiary/aromatic N) is 1. The van der Waals surface area contributed by atoms with Crippen molar-refractivity contribution in [2.45, 2.75) is 33.1 Å². The van der Waals surface area contributed by atoms with Gasteiger partial charge in [-0.15, -0.1) is 0 Å². The van der Waals surface area contributed by atoms with E-state index in [2.05, 4.69) is 23.7 Å². The van der Waals surface area contributed by atoms with Gasteiger partial charge in [-0.1, -0.05) is 36.8 Å². The van der Waals surface area contributed by atoms with Gasteiger partial charge in [0.1, 0.15) is 11.3 Å². The van der Waals surface area contributed by atoms with Gasteiger partial charge in [-0.05, 0) is 37.9 Å². The van der Waals surface area contributed by atoms with Gasteiger partial charge in [-0.2, -0.15) is 0 Å². The van der Waals surface area contributed by atoms with Crippen LogP contribution in [-0.2, 0) is 6.42 Å². The normalized spacial score (nSPS) is 11.6. The third kappa shape index (κ3) is 3.78. The summed E-state index contributed by atoms with van der Waals surface area (Å²) in [5.74, 6) is 0.0380. The van der Waals surface area contributed by atoms with Gasteiger partial charge in [0.2, 0.25) is 0 Å². The Morgan fingerprint density at radius 1 is 1.29 bits per heavy atom. The summed E-state index contributed by atoms with van der Waals surface area (Å²) in [4.78, 5) is 16.5. The van der Waals surface area contributed by atoms with Gasteiger partial charge >= 0.3 is 4.87 Å². The molecule has 0 spiro atoms. The number of phenols is 1. The number of phenolic OH excluding ortho intramolecular Hbond substituents is 1. The monoisotopic (exact) mass is 328 g/mol. The molecule has 0 aliphatic carbocycles. The number of H-pyrrole nitrogens is 1. The third-order valence-electron chi connectivity index (χ3n) is 3.49. The maximum atomic E-state index is 11.5. The van der Waals surface area contributed by atoms with Crippen molar-refractivity contribution in [1.82, 2.24) is 9.88 Å². The van der Waals surface area contributed by atoms with Crippen LogP contribution in [0.15, 0.2) is 10.9 Å². The molecule has 0 atom stereocenters. The summed E-state index contributed by atoms with van der Waals surface area (Å²) in [5, 5.41) is 10.4. The molecule has 0 bridgehead atoms. The molecule has 0 aliphatic rings. The van der Waals surface area contributed by atoms with Gasteiger partial charge in [0, 0.05) is 17.6 Å². The van der Waals surface area contributed by atoms with Crippen LogP contribution in [0.5, 0.6) is 5.75 Å². The third-order valence-corrected chi connectivity index (χ3v) is 4.77. The van der Waals surface area contributed by atoms with E-state index in [1.165, 1.54) is 6.07 Å². The number of aromatic hydroxyl groups is 1. The number of rotatable bonds is 7. The van der Waals surface area contributed by atoms with E-state index in [1.807, 2.05) is 0 Å². The Morgan fingerprint density at radius 3 is 2.57 bits per heavy atom. The van der Waals surface area contributed by atoms with Gasteiger partial charge in [-0.3, -0.25) is 4.79 Å². The number of aromatic amines is 1. The fourth-order valence-electron chi connectivity index (χ4n) is 2.58. The maximum absolute atomic E-state index is 11.5. The molecule has 0 amide bonds. The highest BCUT2D eigenvalue weighted by molar-refractivity contribution is 7.16. The van der Waals surface area contributed by atoms with E-state index >= 15 is 0 Å². The van der Waals surface area contributed by atoms with Gasteiger partial charge in [0.05, 0.1) is 4.70 Å². The van der Waals surface area contributed by atoms with E-state index in [9.17, 15) is 9.90 Å². The molecule has 2 rings (SSSR count). The Balaban J connectivity index is 2.27. The zero-order valence-electron chi connectivity index (χ0n) is 12.4. The van der Waals surface area contributed by atoms with Crippen LogP contribution in [0.2, 0.25) is 5.02 Å². The first-order valence-electron chi connectivity index (χ1n) is 7.32. The largest absolute Gasteiger partial charge is 0.506 e. The number of hydrogen-bond donors (Lipinski definition) is 2. The van der Waals surface area contributed by atoms with Crippen LogP contribution in [0, 0.1) is 0 Å². The molecule has 0 unspecified atom stereocenters. The first kappa shape index (κ1) is 16.3. The Kier molecular flexibility index (Phi) is 5.67. The molecule has 21 heavy (non-hydrogen) atoms. The maximum Gasteiger partial charge on any atom is 0.305 e. The molecule has 0 radical (unpaired) electrons. The molecule has 1 heterocycles. The number of aromatic nitrogens is 1. The quantitative estimate of drug-likeness (QED) is 0.816. The van der Waals surface area contributed by atoms with E-state index < -0.39 is 0 Å². The summed E-state index contributed by atoms with van der Waals surface area (Å²) >= 11 is 7.38. The molecule has 1 aromatic carbocycles. The molecule has 2 aromatic rings. The van der Waals surface area contributed by atoms with Gasteiger partial charge < -0.3 is 15.0 Å². The fourth-order valence-corrected chi connectivity index (χ4v) is 3.86. The predicted molar refractivity (Wildman–Crippen MR) is 89.8 cm³/mol. The minimum absolute atomic E-state index is 0.0380. The van der Waals surface area contributed by atoms with E-state index in [0.717, 1.165) is 60.5 Å². The van der Waals surface area contributed by atoms with Crippen molar-refractivity contribution in [3.05, 3.63) is 26.3 Å². The number of nitrogens with one attached hydrogen (secondary N) is 1. The average Bonchev–Trinajstić information content (AvgIpc) is 2.81. The van der Waals surface area contributed by atoms with Crippen molar-refractivity contribution in [2.24, 2.45) is 0 Å². The molecular formula is C15H21ClN2O2S. The lowest BCUT2D eigenvalue weighted by atomic mass is 10.1. The molecule has 2 N–H and O–H groups in total. The molecule has 0 fully saturated rings. The minimum Gasteiger partial charge on any atom is -0.506 e. The molecule has 0 saturated heterocycles. The highest BCUT2D eigenvalue weighted by Gasteiger charge is 2.15. The summed E-state index contributed by atoms with van der Waals surface area (Å²) in [6, 6.07) is 1.52. The SMILES string of the molecule is CCCN(CCC)CCc1c(Cl)cc(O)c2[nH]c(=O)sc12. The van der Waals surface area contributed by atoms with E-state index in [4.69, 9.17) is 11.6 Å². The number of fused-ring (bicyclic) bond motifs is 1. The number of halogens is 1. The summed E-state index contributed by atoms with van der Waals surface area (Å²) < 4.78 is 0.776. The fraction of sp³-hybridized carbons (Fsp3) is 0.533. The zero-order valence-corrected chi connectivity index (χ0v) is 14.0. The molecule has 116 valence electrons. The molecule has 0 saturated carbocycles. The number of benzene rings is 1. The second kappa shape index (κ2) is 7.29. The topological polar surface area (TPSA) is 56.3 Å². The van der Waals surface area contributed by atoms with Crippen molar-refractivity contribution >= 4 is 33.2 Å². The van der Waals surface area contributed by atoms with Gasteiger partial charge in [0.15, 0.2) is 0 Å². The molecule has 4 nitrogen and oxygen atoms in total. The minimum atomic E-state index is -0.164.